The maximum absolute atomic E-state index is 5.38. The van der Waals surface area contributed by atoms with Crippen molar-refractivity contribution in [1.29, 1.82) is 0 Å². The second kappa shape index (κ2) is 11.3. The highest BCUT2D eigenvalue weighted by molar-refractivity contribution is 8.01. The highest BCUT2D eigenvalue weighted by Crippen LogP contribution is 2.56. The third-order valence-electron chi connectivity index (χ3n) is 8.32. The molecule has 0 spiro atoms. The zero-order valence-corrected chi connectivity index (χ0v) is 25.8. The van der Waals surface area contributed by atoms with Gasteiger partial charge in [-0.15, -0.1) is 0 Å². The van der Waals surface area contributed by atoms with Crippen molar-refractivity contribution in [2.75, 3.05) is 0 Å². The highest BCUT2D eigenvalue weighted by Gasteiger charge is 2.49. The van der Waals surface area contributed by atoms with Gasteiger partial charge in [-0.2, -0.15) is 0 Å². The van der Waals surface area contributed by atoms with E-state index in [1.807, 2.05) is 0 Å². The van der Waals surface area contributed by atoms with Gasteiger partial charge in [0, 0.05) is 10.8 Å². The van der Waals surface area contributed by atoms with E-state index in [-0.39, 0.29) is 17.0 Å². The Bertz CT molecular complexity index is 2020. The number of nitrogens with zero attached hydrogens (tertiary/aromatic N) is 1. The average molecular weight is 636 g/mol. The van der Waals surface area contributed by atoms with Crippen LogP contribution < -0.4 is 38.2 Å². The van der Waals surface area contributed by atoms with Crippen molar-refractivity contribution in [2.45, 2.75) is 0 Å². The number of rotatable bonds is 5. The number of aromatic nitrogens is 2. The van der Waals surface area contributed by atoms with E-state index in [1.165, 1.54) is 42.8 Å². The first-order chi connectivity index (χ1) is 20.9. The lowest BCUT2D eigenvalue weighted by atomic mass is 10.0. The van der Waals surface area contributed by atoms with Gasteiger partial charge in [0.05, 0.1) is 16.6 Å². The number of imidazole rings is 1. The molecule has 4 heteroatoms. The minimum absolute atomic E-state index is 0. The third kappa shape index (κ3) is 4.31. The van der Waals surface area contributed by atoms with E-state index in [2.05, 4.69) is 169 Å². The molecule has 0 saturated carbocycles. The molecule has 1 aromatic heterocycles. The third-order valence-corrected chi connectivity index (χ3v) is 12.7. The Balaban J connectivity index is 0.00000300. The summed E-state index contributed by atoms with van der Waals surface area (Å²) >= 11 is 0. The van der Waals surface area contributed by atoms with Gasteiger partial charge in [-0.3, -0.25) is 0 Å². The predicted octanol–water partition coefficient (Wildman–Crippen LogP) is 5.16. The quantitative estimate of drug-likeness (QED) is 0.206. The Hall–Kier alpha value is -4.56. The van der Waals surface area contributed by atoms with Crippen molar-refractivity contribution >= 4 is 61.1 Å². The summed E-state index contributed by atoms with van der Waals surface area (Å²) in [5.41, 5.74) is 3.22. The molecule has 1 heterocycles. The van der Waals surface area contributed by atoms with Crippen LogP contribution in [0, 0.1) is 0 Å². The molecule has 0 atom stereocenters. The smallest absolute Gasteiger partial charge is 0.145 e. The van der Waals surface area contributed by atoms with Gasteiger partial charge in [0.1, 0.15) is 34.3 Å². The summed E-state index contributed by atoms with van der Waals surface area (Å²) in [6.07, 6.45) is 0. The molecule has 0 saturated heterocycles. The van der Waals surface area contributed by atoms with Crippen LogP contribution in [0.3, 0.4) is 0 Å². The lowest BCUT2D eigenvalue weighted by Crippen LogP contribution is -3.00. The molecule has 0 bridgehead atoms. The summed E-state index contributed by atoms with van der Waals surface area (Å²) in [7, 11) is -2.31. The topological polar surface area (TPSA) is 28.7 Å². The zero-order chi connectivity index (χ0) is 27.9. The number of hydrogen-bond donors (Lipinski definition) is 1. The second-order valence-electron chi connectivity index (χ2n) is 10.6. The first kappa shape index (κ1) is 27.3. The van der Waals surface area contributed by atoms with Crippen molar-refractivity contribution in [3.8, 4) is 11.4 Å². The highest BCUT2D eigenvalue weighted by atomic mass is 79.9. The maximum Gasteiger partial charge on any atom is 0.145 e. The van der Waals surface area contributed by atoms with Crippen molar-refractivity contribution in [3.63, 3.8) is 0 Å². The lowest BCUT2D eigenvalue weighted by molar-refractivity contribution is -0.00000793. The van der Waals surface area contributed by atoms with E-state index in [4.69, 9.17) is 4.98 Å². The van der Waals surface area contributed by atoms with Crippen molar-refractivity contribution in [3.05, 3.63) is 164 Å². The summed E-state index contributed by atoms with van der Waals surface area (Å²) in [6.45, 7) is 0. The van der Waals surface area contributed by atoms with Crippen LogP contribution in [0.25, 0.3) is 44.0 Å². The van der Waals surface area contributed by atoms with Crippen molar-refractivity contribution < 1.29 is 17.0 Å². The summed E-state index contributed by atoms with van der Waals surface area (Å²) < 4.78 is 0. The first-order valence-corrected chi connectivity index (χ1v) is 16.1. The Kier molecular flexibility index (Phi) is 7.15. The Morgan fingerprint density at radius 2 is 0.837 bits per heavy atom. The first-order valence-electron chi connectivity index (χ1n) is 14.3. The molecule has 0 fully saturated rings. The van der Waals surface area contributed by atoms with Crippen LogP contribution in [0.2, 0.25) is 0 Å². The second-order valence-corrected chi connectivity index (χ2v) is 14.0. The van der Waals surface area contributed by atoms with Gasteiger partial charge >= 0.3 is 0 Å². The van der Waals surface area contributed by atoms with E-state index in [0.29, 0.717) is 0 Å². The molecular formula is C39H28BrN2P. The average Bonchev–Trinajstić information content (AvgIpc) is 3.53. The summed E-state index contributed by atoms with van der Waals surface area (Å²) in [4.78, 5) is 9.20. The SMILES string of the molecule is [Br-].c1ccc([P+](c2ccccc2)(c2ccccc2)c2ccccc2-c2nc3c4ccccc4c4ccccc4c3[nH]2)cc1. The molecule has 43 heavy (non-hydrogen) atoms. The van der Waals surface area contributed by atoms with Crippen LogP contribution >= 0.6 is 7.26 Å². The Labute approximate surface area is 262 Å². The number of halogens is 1. The summed E-state index contributed by atoms with van der Waals surface area (Å²) in [5.74, 6) is 0.897. The van der Waals surface area contributed by atoms with Crippen LogP contribution in [0.15, 0.2) is 164 Å². The molecule has 0 aliphatic carbocycles. The molecule has 8 aromatic rings. The van der Waals surface area contributed by atoms with Gasteiger partial charge in [-0.25, -0.2) is 4.98 Å². The molecule has 0 amide bonds. The normalized spacial score (nSPS) is 11.5. The van der Waals surface area contributed by atoms with Gasteiger partial charge < -0.3 is 22.0 Å². The van der Waals surface area contributed by atoms with Crippen LogP contribution in [-0.2, 0) is 0 Å². The van der Waals surface area contributed by atoms with Crippen LogP contribution in [0.1, 0.15) is 0 Å². The maximum atomic E-state index is 5.38. The number of hydrogen-bond acceptors (Lipinski definition) is 1. The molecule has 1 N–H and O–H groups in total. The molecule has 206 valence electrons. The van der Waals surface area contributed by atoms with E-state index in [1.54, 1.807) is 0 Å². The molecule has 2 nitrogen and oxygen atoms in total. The minimum atomic E-state index is -2.31. The van der Waals surface area contributed by atoms with Crippen LogP contribution in [0.5, 0.6) is 0 Å². The number of fused-ring (bicyclic) bond motifs is 6. The molecular weight excluding hydrogens is 607 g/mol. The van der Waals surface area contributed by atoms with Gasteiger partial charge in [0.25, 0.3) is 0 Å². The van der Waals surface area contributed by atoms with Gasteiger partial charge in [0.15, 0.2) is 0 Å². The molecule has 0 aliphatic heterocycles. The molecule has 0 unspecified atom stereocenters. The fraction of sp³-hybridized carbons (Fsp3) is 0. The summed E-state index contributed by atoms with van der Waals surface area (Å²) in [5, 5.41) is 10.1. The standard InChI is InChI=1S/C39H28N2P.BrH/c1-4-16-28(17-5-1)42(29-18-6-2-7-19-29,30-20-8-3-9-21-30)36-27-15-14-26-35(36)39-40-37-33-24-12-10-22-31(33)32-23-11-13-25-34(32)38(37)41-39;/h1-27H,(H,40,41);1H/q+1;/p-1. The lowest BCUT2D eigenvalue weighted by Gasteiger charge is -2.28. The molecule has 0 aliphatic rings. The predicted molar refractivity (Wildman–Crippen MR) is 181 cm³/mol. The van der Waals surface area contributed by atoms with E-state index < -0.39 is 7.26 Å². The van der Waals surface area contributed by atoms with E-state index >= 15 is 0 Å². The Morgan fingerprint density at radius 1 is 0.419 bits per heavy atom. The molecule has 7 aromatic carbocycles. The number of benzene rings is 7. The van der Waals surface area contributed by atoms with Gasteiger partial charge in [-0.05, 0) is 59.3 Å². The van der Waals surface area contributed by atoms with E-state index in [9.17, 15) is 0 Å². The van der Waals surface area contributed by atoms with Crippen molar-refractivity contribution in [2.24, 2.45) is 0 Å². The van der Waals surface area contributed by atoms with Crippen LogP contribution in [0.4, 0.5) is 0 Å². The number of nitrogens with one attached hydrogen (secondary N) is 1. The molecule has 0 radical (unpaired) electrons. The number of aromatic amines is 1. The summed E-state index contributed by atoms with van der Waals surface area (Å²) in [6, 6.07) is 59.2. The number of H-pyrrole nitrogens is 1. The van der Waals surface area contributed by atoms with Crippen LogP contribution in [-0.4, -0.2) is 9.97 Å². The zero-order valence-electron chi connectivity index (χ0n) is 23.4. The fourth-order valence-electron chi connectivity index (χ4n) is 6.54. The fourth-order valence-corrected chi connectivity index (χ4v) is 11.0. The molecule has 8 rings (SSSR count). The van der Waals surface area contributed by atoms with Crippen molar-refractivity contribution in [1.82, 2.24) is 9.97 Å². The van der Waals surface area contributed by atoms with Gasteiger partial charge in [-0.1, -0.05) is 115 Å². The van der Waals surface area contributed by atoms with Gasteiger partial charge in [0.2, 0.25) is 0 Å². The minimum Gasteiger partial charge on any atom is -1.00 e. The van der Waals surface area contributed by atoms with E-state index in [0.717, 1.165) is 22.4 Å². The monoisotopic (exact) mass is 634 g/mol. The largest absolute Gasteiger partial charge is 1.00 e. The Morgan fingerprint density at radius 3 is 1.40 bits per heavy atom.